The van der Waals surface area contributed by atoms with Crippen LogP contribution in [0.3, 0.4) is 0 Å². The Balaban J connectivity index is 0.000000285. The molecule has 2 fully saturated rings. The number of hydrogen-bond donors (Lipinski definition) is 1. The molecule has 0 heterocycles. The number of benzene rings is 2. The van der Waals surface area contributed by atoms with Crippen molar-refractivity contribution >= 4 is 23.0 Å². The molecule has 0 unspecified atom stereocenters. The molecule has 0 spiro atoms. The van der Waals surface area contributed by atoms with Crippen molar-refractivity contribution in [2.24, 2.45) is 5.18 Å². The fourth-order valence-electron chi connectivity index (χ4n) is 1.89. The Morgan fingerprint density at radius 2 is 1.38 bits per heavy atom. The van der Waals surface area contributed by atoms with E-state index >= 15 is 0 Å². The lowest BCUT2D eigenvalue weighted by Crippen LogP contribution is -2.10. The van der Waals surface area contributed by atoms with Crippen molar-refractivity contribution in [1.29, 1.82) is 0 Å². The third-order valence-electron chi connectivity index (χ3n) is 4.09. The largest absolute Gasteiger partial charge is 0.381 e. The van der Waals surface area contributed by atoms with Gasteiger partial charge in [0.25, 0.3) is 0 Å². The van der Waals surface area contributed by atoms with Crippen molar-refractivity contribution in [3.63, 3.8) is 0 Å². The van der Waals surface area contributed by atoms with Gasteiger partial charge in [-0.1, -0.05) is 87.4 Å². The molecular weight excluding hydrogens is 344 g/mol. The van der Waals surface area contributed by atoms with Crippen LogP contribution in [0.15, 0.2) is 60.3 Å². The maximum Gasteiger partial charge on any atom is 0.108 e. The average Bonchev–Trinajstić information content (AvgIpc) is 3.49. The van der Waals surface area contributed by atoms with E-state index in [0.717, 1.165) is 21.8 Å². The Morgan fingerprint density at radius 1 is 0.885 bits per heavy atom. The van der Waals surface area contributed by atoms with Crippen molar-refractivity contribution in [1.82, 2.24) is 5.32 Å². The Morgan fingerprint density at radius 3 is 1.81 bits per heavy atom. The Kier molecular flexibility index (Phi) is 8.91. The monoisotopic (exact) mass is 370 g/mol. The van der Waals surface area contributed by atoms with Gasteiger partial charge in [0, 0.05) is 17.3 Å². The molecule has 0 amide bonds. The minimum Gasteiger partial charge on any atom is -0.381 e. The van der Waals surface area contributed by atoms with Crippen LogP contribution in [0.4, 0.5) is 5.69 Å². The van der Waals surface area contributed by atoms with Gasteiger partial charge in [-0.2, -0.15) is 0 Å². The van der Waals surface area contributed by atoms with E-state index in [9.17, 15) is 4.91 Å². The third-order valence-corrected chi connectivity index (χ3v) is 4.35. The van der Waals surface area contributed by atoms with E-state index in [0.29, 0.717) is 12.2 Å². The van der Waals surface area contributed by atoms with Crippen molar-refractivity contribution in [2.45, 2.75) is 51.5 Å². The molecule has 26 heavy (non-hydrogen) atoms. The fraction of sp³-hybridized carbons (Fsp3) is 0.364. The lowest BCUT2D eigenvalue weighted by molar-refractivity contribution is 0.504. The van der Waals surface area contributed by atoms with Gasteiger partial charge in [-0.25, -0.2) is 0 Å². The van der Waals surface area contributed by atoms with Crippen LogP contribution in [0.25, 0.3) is 5.70 Å². The highest BCUT2D eigenvalue weighted by molar-refractivity contribution is 6.30. The second-order valence-electron chi connectivity index (χ2n) is 6.57. The summed E-state index contributed by atoms with van der Waals surface area (Å²) in [6.07, 6.45) is 10.5. The van der Waals surface area contributed by atoms with Gasteiger partial charge in [-0.05, 0) is 40.6 Å². The van der Waals surface area contributed by atoms with E-state index in [1.807, 2.05) is 36.4 Å². The molecular formula is C22H27ClN2O. The van der Waals surface area contributed by atoms with Crippen LogP contribution in [0, 0.1) is 4.91 Å². The second-order valence-corrected chi connectivity index (χ2v) is 7.01. The molecule has 4 rings (SSSR count). The maximum atomic E-state index is 10.3. The SMILES string of the molecule is C1CC1.C1CCC1.C=C(NCc1ccc(Cl)cc1)c1ccc(N=O)cc1. The maximum absolute atomic E-state index is 10.3. The van der Waals surface area contributed by atoms with Crippen LogP contribution >= 0.6 is 11.6 Å². The van der Waals surface area contributed by atoms with E-state index in [-0.39, 0.29) is 0 Å². The van der Waals surface area contributed by atoms with Crippen LogP contribution in [0.2, 0.25) is 5.02 Å². The van der Waals surface area contributed by atoms with Gasteiger partial charge in [0.05, 0.1) is 0 Å². The Bertz CT molecular complexity index is 668. The number of nitrogens with one attached hydrogen (secondary N) is 1. The van der Waals surface area contributed by atoms with Crippen LogP contribution in [-0.2, 0) is 6.54 Å². The summed E-state index contributed by atoms with van der Waals surface area (Å²) >= 11 is 5.83. The molecule has 2 aromatic rings. The quantitative estimate of drug-likeness (QED) is 0.564. The van der Waals surface area contributed by atoms with E-state index in [1.54, 1.807) is 12.1 Å². The molecule has 1 N–H and O–H groups in total. The van der Waals surface area contributed by atoms with Crippen molar-refractivity contribution < 1.29 is 0 Å². The zero-order valence-electron chi connectivity index (χ0n) is 15.2. The van der Waals surface area contributed by atoms with Gasteiger partial charge in [0.15, 0.2) is 0 Å². The molecule has 2 saturated carbocycles. The smallest absolute Gasteiger partial charge is 0.108 e. The van der Waals surface area contributed by atoms with E-state index in [2.05, 4.69) is 17.1 Å². The summed E-state index contributed by atoms with van der Waals surface area (Å²) in [6, 6.07) is 14.6. The Labute approximate surface area is 161 Å². The predicted octanol–water partition coefficient (Wildman–Crippen LogP) is 7.23. The molecule has 4 heteroatoms. The predicted molar refractivity (Wildman–Crippen MR) is 112 cm³/mol. The first-order chi connectivity index (χ1) is 12.7. The van der Waals surface area contributed by atoms with Gasteiger partial charge in [-0.15, -0.1) is 4.91 Å². The van der Waals surface area contributed by atoms with Gasteiger partial charge in [0.2, 0.25) is 0 Å². The number of halogens is 1. The molecule has 0 aliphatic heterocycles. The van der Waals surface area contributed by atoms with Crippen LogP contribution in [0.5, 0.6) is 0 Å². The number of nitrogens with zero attached hydrogens (tertiary/aromatic N) is 1. The molecule has 0 bridgehead atoms. The number of nitroso groups, excluding NO2 is 1. The first-order valence-electron chi connectivity index (χ1n) is 9.30. The third kappa shape index (κ3) is 8.30. The molecule has 0 atom stereocenters. The van der Waals surface area contributed by atoms with Crippen molar-refractivity contribution in [3.05, 3.63) is 76.2 Å². The summed E-state index contributed by atoms with van der Waals surface area (Å²) in [5.74, 6) is 0. The molecule has 0 aromatic heterocycles. The van der Waals surface area contributed by atoms with Gasteiger partial charge >= 0.3 is 0 Å². The van der Waals surface area contributed by atoms with E-state index < -0.39 is 0 Å². The summed E-state index contributed by atoms with van der Waals surface area (Å²) in [5.41, 5.74) is 3.26. The van der Waals surface area contributed by atoms with Gasteiger partial charge in [0.1, 0.15) is 5.69 Å². The van der Waals surface area contributed by atoms with Crippen LogP contribution in [0.1, 0.15) is 56.1 Å². The molecule has 3 nitrogen and oxygen atoms in total. The highest BCUT2D eigenvalue weighted by atomic mass is 35.5. The summed E-state index contributed by atoms with van der Waals surface area (Å²) in [6.45, 7) is 4.64. The first-order valence-corrected chi connectivity index (χ1v) is 9.68. The highest BCUT2D eigenvalue weighted by Gasteiger charge is 2.00. The molecule has 2 aromatic carbocycles. The zero-order chi connectivity index (χ0) is 18.6. The second kappa shape index (κ2) is 11.5. The van der Waals surface area contributed by atoms with Crippen molar-refractivity contribution in [2.75, 3.05) is 0 Å². The number of rotatable bonds is 5. The summed E-state index contributed by atoms with van der Waals surface area (Å²) in [5, 5.41) is 6.81. The van der Waals surface area contributed by atoms with E-state index in [4.69, 9.17) is 11.6 Å². The summed E-state index contributed by atoms with van der Waals surface area (Å²) < 4.78 is 0. The Hall–Kier alpha value is -2.13. The molecule has 2 aliphatic rings. The lowest BCUT2D eigenvalue weighted by Gasteiger charge is -2.10. The molecule has 138 valence electrons. The zero-order valence-corrected chi connectivity index (χ0v) is 16.0. The van der Waals surface area contributed by atoms with E-state index in [1.165, 1.54) is 44.9 Å². The summed E-state index contributed by atoms with van der Waals surface area (Å²) in [4.78, 5) is 10.3. The standard InChI is InChI=1S/C15H13ClN2O.C4H8.C3H6/c1-11(13-4-8-15(18-19)9-5-13)17-10-12-2-6-14(16)7-3-12;1-2-4-3-1;1-2-3-1/h2-9,17H,1,10H2;1-4H2;1-3H2. The topological polar surface area (TPSA) is 41.5 Å². The number of hydrogen-bond acceptors (Lipinski definition) is 3. The lowest BCUT2D eigenvalue weighted by atomic mass is 10.0. The van der Waals surface area contributed by atoms with Crippen molar-refractivity contribution in [3.8, 4) is 0 Å². The average molecular weight is 371 g/mol. The summed E-state index contributed by atoms with van der Waals surface area (Å²) in [7, 11) is 0. The highest BCUT2D eigenvalue weighted by Crippen LogP contribution is 2.17. The van der Waals surface area contributed by atoms with Crippen LogP contribution in [-0.4, -0.2) is 0 Å². The first kappa shape index (κ1) is 20.2. The molecule has 0 radical (unpaired) electrons. The fourth-order valence-corrected chi connectivity index (χ4v) is 2.01. The minimum absolute atomic E-state index is 0.411. The van der Waals surface area contributed by atoms with Gasteiger partial charge < -0.3 is 5.32 Å². The van der Waals surface area contributed by atoms with Crippen LogP contribution < -0.4 is 5.32 Å². The minimum atomic E-state index is 0.411. The normalized spacial score (nSPS) is 13.7. The molecule has 0 saturated heterocycles. The molecule has 2 aliphatic carbocycles. The van der Waals surface area contributed by atoms with Gasteiger partial charge in [-0.3, -0.25) is 0 Å².